The summed E-state index contributed by atoms with van der Waals surface area (Å²) in [7, 11) is 0. The number of esters is 1. The zero-order valence-electron chi connectivity index (χ0n) is 12.2. The van der Waals surface area contributed by atoms with E-state index in [4.69, 9.17) is 9.47 Å². The quantitative estimate of drug-likeness (QED) is 0.545. The minimum Gasteiger partial charge on any atom is -0.431 e. The van der Waals surface area contributed by atoms with E-state index in [0.29, 0.717) is 12.4 Å². The molecule has 17 heavy (non-hydrogen) atoms. The molecule has 0 saturated heterocycles. The third-order valence-electron chi connectivity index (χ3n) is 2.58. The van der Waals surface area contributed by atoms with Crippen molar-refractivity contribution in [2.75, 3.05) is 6.61 Å². The van der Waals surface area contributed by atoms with E-state index in [0.717, 1.165) is 6.42 Å². The number of ether oxygens (including phenoxy) is 2. The van der Waals surface area contributed by atoms with Gasteiger partial charge in [-0.2, -0.15) is 0 Å². The molecule has 0 N–H and O–H groups in total. The fraction of sp³-hybridized carbons (Fsp3) is 0.786. The van der Waals surface area contributed by atoms with Crippen LogP contribution >= 0.6 is 0 Å². The Balaban J connectivity index is 4.22. The van der Waals surface area contributed by atoms with E-state index in [1.54, 1.807) is 13.0 Å². The van der Waals surface area contributed by atoms with Gasteiger partial charge in [0.15, 0.2) is 0 Å². The van der Waals surface area contributed by atoms with Gasteiger partial charge in [0.2, 0.25) is 0 Å². The van der Waals surface area contributed by atoms with Gasteiger partial charge in [-0.05, 0) is 54.0 Å². The number of allylic oxidation sites excluding steroid dienone is 1. The van der Waals surface area contributed by atoms with Crippen LogP contribution in [0.4, 0.5) is 0 Å². The van der Waals surface area contributed by atoms with Crippen molar-refractivity contribution in [1.82, 2.24) is 0 Å². The molecule has 0 unspecified atom stereocenters. The lowest BCUT2D eigenvalue weighted by molar-refractivity contribution is -0.149. The first-order valence-corrected chi connectivity index (χ1v) is 6.11. The van der Waals surface area contributed by atoms with Gasteiger partial charge in [-0.25, -0.2) is 0 Å². The topological polar surface area (TPSA) is 35.5 Å². The monoisotopic (exact) mass is 242 g/mol. The molecule has 0 radical (unpaired) electrons. The molecule has 0 aromatic carbocycles. The molecule has 3 nitrogen and oxygen atoms in total. The van der Waals surface area contributed by atoms with Crippen molar-refractivity contribution in [3.8, 4) is 0 Å². The van der Waals surface area contributed by atoms with Crippen molar-refractivity contribution in [3.05, 3.63) is 11.8 Å². The number of carbonyl (C=O) groups is 1. The molecule has 0 aliphatic heterocycles. The second-order valence-corrected chi connectivity index (χ2v) is 5.87. The predicted octanol–water partition coefficient (Wildman–Crippen LogP) is 3.68. The lowest BCUT2D eigenvalue weighted by atomic mass is 9.91. The van der Waals surface area contributed by atoms with Crippen molar-refractivity contribution in [2.24, 2.45) is 5.41 Å². The fourth-order valence-corrected chi connectivity index (χ4v) is 0.879. The maximum absolute atomic E-state index is 11.8. The Morgan fingerprint density at radius 3 is 2.12 bits per heavy atom. The smallest absolute Gasteiger partial charge is 0.316 e. The van der Waals surface area contributed by atoms with Crippen molar-refractivity contribution in [1.29, 1.82) is 0 Å². The molecule has 0 heterocycles. The molecule has 0 aliphatic rings. The summed E-state index contributed by atoms with van der Waals surface area (Å²) in [5, 5.41) is 0. The first-order valence-electron chi connectivity index (χ1n) is 6.11. The Hall–Kier alpha value is -0.830. The Morgan fingerprint density at radius 1 is 1.18 bits per heavy atom. The number of rotatable bonds is 5. The van der Waals surface area contributed by atoms with Crippen LogP contribution in [0.3, 0.4) is 0 Å². The van der Waals surface area contributed by atoms with E-state index in [-0.39, 0.29) is 11.6 Å². The zero-order chi connectivity index (χ0) is 13.7. The summed E-state index contributed by atoms with van der Waals surface area (Å²) in [5.41, 5.74) is -0.608. The Kier molecular flexibility index (Phi) is 5.89. The van der Waals surface area contributed by atoms with Crippen LogP contribution in [-0.2, 0) is 14.3 Å². The van der Waals surface area contributed by atoms with E-state index in [1.807, 2.05) is 41.5 Å². The molecule has 3 heteroatoms. The summed E-state index contributed by atoms with van der Waals surface area (Å²) < 4.78 is 10.8. The summed E-state index contributed by atoms with van der Waals surface area (Å²) in [6, 6.07) is 0. The first-order chi connectivity index (χ1) is 7.58. The summed E-state index contributed by atoms with van der Waals surface area (Å²) in [5.74, 6) is 0.408. The average Bonchev–Trinajstić information content (AvgIpc) is 2.15. The molecular weight excluding hydrogens is 216 g/mol. The molecular formula is C14H26O3. The second-order valence-electron chi connectivity index (χ2n) is 5.87. The predicted molar refractivity (Wildman–Crippen MR) is 69.6 cm³/mol. The summed E-state index contributed by atoms with van der Waals surface area (Å²) >= 11 is 0. The SMILES string of the molecule is CCC(C)(C)C(=O)O/C(C)=C/COC(C)(C)C. The summed E-state index contributed by atoms with van der Waals surface area (Å²) in [6.07, 6.45) is 2.55. The molecule has 0 amide bonds. The van der Waals surface area contributed by atoms with Gasteiger partial charge in [-0.1, -0.05) is 6.92 Å². The lowest BCUT2D eigenvalue weighted by Crippen LogP contribution is -2.25. The van der Waals surface area contributed by atoms with E-state index in [2.05, 4.69) is 0 Å². The normalized spacial score (nSPS) is 13.7. The van der Waals surface area contributed by atoms with E-state index in [1.165, 1.54) is 0 Å². The van der Waals surface area contributed by atoms with Crippen LogP contribution in [0, 0.1) is 5.41 Å². The van der Waals surface area contributed by atoms with E-state index in [9.17, 15) is 4.79 Å². The zero-order valence-corrected chi connectivity index (χ0v) is 12.2. The maximum atomic E-state index is 11.8. The highest BCUT2D eigenvalue weighted by atomic mass is 16.5. The van der Waals surface area contributed by atoms with E-state index < -0.39 is 5.41 Å². The average molecular weight is 242 g/mol. The fourth-order valence-electron chi connectivity index (χ4n) is 0.879. The molecule has 100 valence electrons. The summed E-state index contributed by atoms with van der Waals surface area (Å²) in [6.45, 7) is 13.9. The third kappa shape index (κ3) is 7.16. The van der Waals surface area contributed by atoms with Crippen LogP contribution in [0.5, 0.6) is 0 Å². The maximum Gasteiger partial charge on any atom is 0.316 e. The molecule has 0 bridgehead atoms. The van der Waals surface area contributed by atoms with Crippen molar-refractivity contribution in [2.45, 2.75) is 60.5 Å². The van der Waals surface area contributed by atoms with Gasteiger partial charge in [0.05, 0.1) is 17.6 Å². The van der Waals surface area contributed by atoms with Gasteiger partial charge in [0.1, 0.15) is 5.76 Å². The van der Waals surface area contributed by atoms with Crippen LogP contribution in [0.2, 0.25) is 0 Å². The molecule has 0 atom stereocenters. The van der Waals surface area contributed by atoms with Crippen molar-refractivity contribution < 1.29 is 14.3 Å². The third-order valence-corrected chi connectivity index (χ3v) is 2.58. The molecule has 0 aliphatic carbocycles. The molecule has 0 aromatic rings. The standard InChI is InChI=1S/C14H26O3/c1-8-14(6,7)12(15)17-11(2)9-10-16-13(3,4)5/h9H,8,10H2,1-7H3/b11-9+. The molecule has 0 rings (SSSR count). The summed E-state index contributed by atoms with van der Waals surface area (Å²) in [4.78, 5) is 11.8. The Bertz CT molecular complexity index is 282. The van der Waals surface area contributed by atoms with Gasteiger partial charge in [0, 0.05) is 0 Å². The lowest BCUT2D eigenvalue weighted by Gasteiger charge is -2.21. The van der Waals surface area contributed by atoms with Crippen LogP contribution in [0.1, 0.15) is 54.9 Å². The molecule has 0 spiro atoms. The number of carbonyl (C=O) groups excluding carboxylic acids is 1. The van der Waals surface area contributed by atoms with Crippen molar-refractivity contribution in [3.63, 3.8) is 0 Å². The minimum absolute atomic E-state index is 0.177. The van der Waals surface area contributed by atoms with Crippen LogP contribution in [-0.4, -0.2) is 18.2 Å². The second kappa shape index (κ2) is 6.20. The highest BCUT2D eigenvalue weighted by molar-refractivity contribution is 5.76. The van der Waals surface area contributed by atoms with Gasteiger partial charge < -0.3 is 9.47 Å². The van der Waals surface area contributed by atoms with Crippen LogP contribution in [0.15, 0.2) is 11.8 Å². The highest BCUT2D eigenvalue weighted by Crippen LogP contribution is 2.22. The largest absolute Gasteiger partial charge is 0.431 e. The number of hydrogen-bond acceptors (Lipinski definition) is 3. The molecule has 0 saturated carbocycles. The van der Waals surface area contributed by atoms with Gasteiger partial charge in [-0.3, -0.25) is 4.79 Å². The van der Waals surface area contributed by atoms with Gasteiger partial charge >= 0.3 is 5.97 Å². The van der Waals surface area contributed by atoms with Gasteiger partial charge in [0.25, 0.3) is 0 Å². The molecule has 0 fully saturated rings. The van der Waals surface area contributed by atoms with E-state index >= 15 is 0 Å². The highest BCUT2D eigenvalue weighted by Gasteiger charge is 2.27. The minimum atomic E-state index is -0.431. The number of hydrogen-bond donors (Lipinski definition) is 0. The first kappa shape index (κ1) is 16.2. The van der Waals surface area contributed by atoms with Crippen molar-refractivity contribution >= 4 is 5.97 Å². The van der Waals surface area contributed by atoms with Crippen LogP contribution < -0.4 is 0 Å². The Labute approximate surface area is 105 Å². The Morgan fingerprint density at radius 2 is 1.71 bits per heavy atom. The van der Waals surface area contributed by atoms with Crippen LogP contribution in [0.25, 0.3) is 0 Å². The van der Waals surface area contributed by atoms with Gasteiger partial charge in [-0.15, -0.1) is 0 Å². The molecule has 0 aromatic heterocycles.